The number of ether oxygens (including phenoxy) is 1. The molecule has 1 saturated heterocycles. The standard InChI is InChI=1S/C16H19N3OS/c1-16(6-8-20-9-7-16)19-14-10-12(15(17)21)11-4-2-3-5-13(11)18-14/h2-5,10H,6-9H2,1H3,(H2,17,21)(H,18,19). The zero-order chi connectivity index (χ0) is 14.9. The van der Waals surface area contributed by atoms with Gasteiger partial charge in [0.05, 0.1) is 5.52 Å². The van der Waals surface area contributed by atoms with Crippen LogP contribution in [-0.4, -0.2) is 28.7 Å². The first kappa shape index (κ1) is 14.2. The van der Waals surface area contributed by atoms with E-state index in [1.165, 1.54) is 0 Å². The van der Waals surface area contributed by atoms with Crippen molar-refractivity contribution in [2.45, 2.75) is 25.3 Å². The summed E-state index contributed by atoms with van der Waals surface area (Å²) >= 11 is 5.18. The number of rotatable bonds is 3. The fraction of sp³-hybridized carbons (Fsp3) is 0.375. The Morgan fingerprint density at radius 2 is 2.05 bits per heavy atom. The molecular weight excluding hydrogens is 282 g/mol. The average molecular weight is 301 g/mol. The summed E-state index contributed by atoms with van der Waals surface area (Å²) in [7, 11) is 0. The van der Waals surface area contributed by atoms with Crippen molar-refractivity contribution in [2.75, 3.05) is 18.5 Å². The molecule has 3 rings (SSSR count). The predicted octanol–water partition coefficient (Wildman–Crippen LogP) is 2.85. The second-order valence-corrected chi connectivity index (χ2v) is 6.17. The van der Waals surface area contributed by atoms with Crippen molar-refractivity contribution in [2.24, 2.45) is 5.73 Å². The van der Waals surface area contributed by atoms with Gasteiger partial charge in [0, 0.05) is 29.7 Å². The summed E-state index contributed by atoms with van der Waals surface area (Å²) in [5, 5.41) is 4.53. The van der Waals surface area contributed by atoms with Gasteiger partial charge in [-0.05, 0) is 31.9 Å². The van der Waals surface area contributed by atoms with Crippen molar-refractivity contribution < 1.29 is 4.74 Å². The molecule has 0 saturated carbocycles. The third kappa shape index (κ3) is 2.99. The molecule has 1 fully saturated rings. The molecule has 0 atom stereocenters. The van der Waals surface area contributed by atoms with Crippen molar-refractivity contribution >= 4 is 33.9 Å². The Labute approximate surface area is 129 Å². The third-order valence-corrected chi connectivity index (χ3v) is 4.23. The van der Waals surface area contributed by atoms with Gasteiger partial charge in [-0.2, -0.15) is 0 Å². The van der Waals surface area contributed by atoms with E-state index in [4.69, 9.17) is 27.7 Å². The molecular formula is C16H19N3OS. The van der Waals surface area contributed by atoms with Crippen molar-refractivity contribution in [1.29, 1.82) is 0 Å². The lowest BCUT2D eigenvalue weighted by Crippen LogP contribution is -2.40. The highest BCUT2D eigenvalue weighted by atomic mass is 32.1. The summed E-state index contributed by atoms with van der Waals surface area (Å²) in [5.74, 6) is 0.820. The van der Waals surface area contributed by atoms with Crippen LogP contribution in [0.2, 0.25) is 0 Å². The normalized spacial score (nSPS) is 17.6. The highest BCUT2D eigenvalue weighted by Gasteiger charge is 2.27. The van der Waals surface area contributed by atoms with E-state index in [2.05, 4.69) is 12.2 Å². The number of benzene rings is 1. The van der Waals surface area contributed by atoms with E-state index >= 15 is 0 Å². The predicted molar refractivity (Wildman–Crippen MR) is 89.7 cm³/mol. The molecule has 3 N–H and O–H groups in total. The summed E-state index contributed by atoms with van der Waals surface area (Å²) in [6.07, 6.45) is 1.92. The summed E-state index contributed by atoms with van der Waals surface area (Å²) in [4.78, 5) is 5.09. The quantitative estimate of drug-likeness (QED) is 0.854. The number of pyridine rings is 1. The fourth-order valence-electron chi connectivity index (χ4n) is 2.70. The second kappa shape index (κ2) is 5.58. The molecule has 0 radical (unpaired) electrons. The lowest BCUT2D eigenvalue weighted by atomic mass is 9.92. The fourth-order valence-corrected chi connectivity index (χ4v) is 2.87. The minimum absolute atomic E-state index is 0.00119. The number of hydrogen-bond donors (Lipinski definition) is 2. The van der Waals surface area contributed by atoms with Gasteiger partial charge in [0.2, 0.25) is 0 Å². The van der Waals surface area contributed by atoms with Crippen molar-refractivity contribution in [1.82, 2.24) is 4.98 Å². The number of nitrogens with zero attached hydrogens (tertiary/aromatic N) is 1. The Kier molecular flexibility index (Phi) is 3.78. The van der Waals surface area contributed by atoms with Gasteiger partial charge < -0.3 is 15.8 Å². The molecule has 110 valence electrons. The number of hydrogen-bond acceptors (Lipinski definition) is 4. The first-order valence-corrected chi connectivity index (χ1v) is 7.54. The lowest BCUT2D eigenvalue weighted by molar-refractivity contribution is 0.0657. The van der Waals surface area contributed by atoms with Gasteiger partial charge in [-0.25, -0.2) is 4.98 Å². The number of nitrogens with one attached hydrogen (secondary N) is 1. The molecule has 21 heavy (non-hydrogen) atoms. The first-order valence-electron chi connectivity index (χ1n) is 7.13. The monoisotopic (exact) mass is 301 g/mol. The Bertz CT molecular complexity index is 680. The van der Waals surface area contributed by atoms with Crippen LogP contribution in [0.1, 0.15) is 25.3 Å². The van der Waals surface area contributed by atoms with Gasteiger partial charge in [0.1, 0.15) is 10.8 Å². The van der Waals surface area contributed by atoms with Gasteiger partial charge in [-0.1, -0.05) is 30.4 Å². The zero-order valence-electron chi connectivity index (χ0n) is 12.1. The minimum atomic E-state index is 0.00119. The molecule has 0 spiro atoms. The summed E-state index contributed by atoms with van der Waals surface area (Å²) < 4.78 is 5.43. The average Bonchev–Trinajstić information content (AvgIpc) is 2.46. The number of anilines is 1. The van der Waals surface area contributed by atoms with E-state index in [9.17, 15) is 0 Å². The van der Waals surface area contributed by atoms with Crippen molar-refractivity contribution in [3.8, 4) is 0 Å². The molecule has 1 aliphatic rings. The molecule has 0 amide bonds. The highest BCUT2D eigenvalue weighted by Crippen LogP contribution is 2.27. The Morgan fingerprint density at radius 3 is 2.76 bits per heavy atom. The van der Waals surface area contributed by atoms with E-state index in [1.807, 2.05) is 30.3 Å². The van der Waals surface area contributed by atoms with Crippen LogP contribution in [0.25, 0.3) is 10.9 Å². The Morgan fingerprint density at radius 1 is 1.33 bits per heavy atom. The number of para-hydroxylation sites is 1. The molecule has 2 aromatic rings. The highest BCUT2D eigenvalue weighted by molar-refractivity contribution is 7.80. The van der Waals surface area contributed by atoms with Crippen LogP contribution in [0.3, 0.4) is 0 Å². The van der Waals surface area contributed by atoms with Crippen molar-refractivity contribution in [3.63, 3.8) is 0 Å². The van der Waals surface area contributed by atoms with Crippen LogP contribution in [0.4, 0.5) is 5.82 Å². The Hall–Kier alpha value is -1.72. The molecule has 5 heteroatoms. The van der Waals surface area contributed by atoms with E-state index in [0.29, 0.717) is 4.99 Å². The van der Waals surface area contributed by atoms with E-state index in [0.717, 1.165) is 48.3 Å². The van der Waals surface area contributed by atoms with Crippen LogP contribution in [0.15, 0.2) is 30.3 Å². The minimum Gasteiger partial charge on any atom is -0.389 e. The molecule has 4 nitrogen and oxygen atoms in total. The van der Waals surface area contributed by atoms with Gasteiger partial charge in [0.25, 0.3) is 0 Å². The van der Waals surface area contributed by atoms with Crippen LogP contribution < -0.4 is 11.1 Å². The molecule has 1 aliphatic heterocycles. The lowest BCUT2D eigenvalue weighted by Gasteiger charge is -2.35. The molecule has 1 aromatic carbocycles. The SMILES string of the molecule is CC1(Nc2cc(C(N)=S)c3ccccc3n2)CCOCC1. The zero-order valence-corrected chi connectivity index (χ0v) is 12.9. The van der Waals surface area contributed by atoms with Gasteiger partial charge >= 0.3 is 0 Å². The van der Waals surface area contributed by atoms with Crippen LogP contribution >= 0.6 is 12.2 Å². The molecule has 0 unspecified atom stereocenters. The van der Waals surface area contributed by atoms with E-state index in [-0.39, 0.29) is 5.54 Å². The van der Waals surface area contributed by atoms with Gasteiger partial charge in [-0.3, -0.25) is 0 Å². The smallest absolute Gasteiger partial charge is 0.127 e. The molecule has 1 aromatic heterocycles. The van der Waals surface area contributed by atoms with E-state index < -0.39 is 0 Å². The second-order valence-electron chi connectivity index (χ2n) is 5.73. The number of fused-ring (bicyclic) bond motifs is 1. The summed E-state index contributed by atoms with van der Waals surface area (Å²) in [6, 6.07) is 9.87. The maximum atomic E-state index is 5.87. The van der Waals surface area contributed by atoms with Gasteiger partial charge in [0.15, 0.2) is 0 Å². The van der Waals surface area contributed by atoms with Crippen molar-refractivity contribution in [3.05, 3.63) is 35.9 Å². The first-order chi connectivity index (χ1) is 10.1. The van der Waals surface area contributed by atoms with E-state index in [1.54, 1.807) is 0 Å². The van der Waals surface area contributed by atoms with Crippen LogP contribution in [-0.2, 0) is 4.74 Å². The third-order valence-electron chi connectivity index (χ3n) is 4.01. The topological polar surface area (TPSA) is 60.2 Å². The maximum absolute atomic E-state index is 5.87. The van der Waals surface area contributed by atoms with Crippen LogP contribution in [0.5, 0.6) is 0 Å². The Balaban J connectivity index is 2.01. The summed E-state index contributed by atoms with van der Waals surface area (Å²) in [6.45, 7) is 3.76. The summed E-state index contributed by atoms with van der Waals surface area (Å²) in [5.41, 5.74) is 7.64. The molecule has 2 heterocycles. The largest absolute Gasteiger partial charge is 0.389 e. The maximum Gasteiger partial charge on any atom is 0.127 e. The van der Waals surface area contributed by atoms with Gasteiger partial charge in [-0.15, -0.1) is 0 Å². The number of thiocarbonyl (C=S) groups is 1. The van der Waals surface area contributed by atoms with Crippen LogP contribution in [0, 0.1) is 0 Å². The molecule has 0 aliphatic carbocycles. The number of nitrogens with two attached hydrogens (primary N) is 1. The molecule has 0 bridgehead atoms. The number of aromatic nitrogens is 1.